The van der Waals surface area contributed by atoms with Gasteiger partial charge in [-0.2, -0.15) is 0 Å². The van der Waals surface area contributed by atoms with E-state index in [0.717, 1.165) is 0 Å². The summed E-state index contributed by atoms with van der Waals surface area (Å²) in [5.74, 6) is -0.211. The van der Waals surface area contributed by atoms with Crippen LogP contribution >= 0.6 is 0 Å². The number of hydrogen-bond donors (Lipinski definition) is 1. The lowest BCUT2D eigenvalue weighted by molar-refractivity contribution is -0.140. The molecule has 0 aliphatic rings. The van der Waals surface area contributed by atoms with Crippen molar-refractivity contribution in [2.75, 3.05) is 13.2 Å². The molecule has 84 valence electrons. The Bertz CT molecular complexity index is 134. The molecule has 0 aromatic heterocycles. The third kappa shape index (κ3) is 79.3. The van der Waals surface area contributed by atoms with Crippen molar-refractivity contribution in [1.82, 2.24) is 0 Å². The zero-order chi connectivity index (χ0) is 11.8. The summed E-state index contributed by atoms with van der Waals surface area (Å²) in [6, 6.07) is 0. The van der Waals surface area contributed by atoms with Crippen molar-refractivity contribution in [1.29, 1.82) is 0 Å². The molecule has 0 aromatic carbocycles. The van der Waals surface area contributed by atoms with Crippen molar-refractivity contribution in [2.24, 2.45) is 0 Å². The highest BCUT2D eigenvalue weighted by atomic mass is 16.5. The topological polar surface area (TPSA) is 89.9 Å². The molecule has 0 atom stereocenters. The molecule has 0 rings (SSSR count). The largest absolute Gasteiger partial charge is 0.483 e. The number of carboxylic acid groups (broad SMARTS) is 1. The van der Waals surface area contributed by atoms with Crippen LogP contribution in [0.2, 0.25) is 0 Å². The van der Waals surface area contributed by atoms with Gasteiger partial charge in [-0.3, -0.25) is 14.4 Å². The van der Waals surface area contributed by atoms with E-state index in [0.29, 0.717) is 19.7 Å². The molecule has 0 bridgehead atoms. The normalized spacial score (nSPS) is 6.50. The number of esters is 1. The summed E-state index contributed by atoms with van der Waals surface area (Å²) < 4.78 is 8.56. The Morgan fingerprint density at radius 3 is 1.71 bits per heavy atom. The lowest BCUT2D eigenvalue weighted by Crippen LogP contribution is -1.95. The van der Waals surface area contributed by atoms with Gasteiger partial charge in [0, 0.05) is 6.92 Å². The molecule has 6 nitrogen and oxygen atoms in total. The van der Waals surface area contributed by atoms with E-state index in [1.54, 1.807) is 13.8 Å². The fraction of sp³-hybridized carbons (Fsp3) is 0.625. The van der Waals surface area contributed by atoms with Crippen LogP contribution in [0.1, 0.15) is 20.8 Å². The first-order valence-electron chi connectivity index (χ1n) is 3.87. The highest BCUT2D eigenvalue weighted by Crippen LogP contribution is 1.69. The van der Waals surface area contributed by atoms with Crippen LogP contribution in [0.5, 0.6) is 0 Å². The monoisotopic (exact) mass is 208 g/mol. The molecule has 0 saturated heterocycles. The molecule has 0 spiro atoms. The van der Waals surface area contributed by atoms with Crippen LogP contribution in [0.4, 0.5) is 0 Å². The smallest absolute Gasteiger partial charge is 0.302 e. The molecule has 14 heavy (non-hydrogen) atoms. The molecule has 1 N–H and O–H groups in total. The van der Waals surface area contributed by atoms with E-state index in [1.165, 1.54) is 6.92 Å². The maximum Gasteiger partial charge on any atom is 0.302 e. The standard InChI is InChI=1S/C4H8O2.C3H6O2.CH2O2/c1-3-6-4(2)5;1-2-5-3-4;2-1-3/h3H2,1-2H3;3H,2H2,1H3;1H,(H,2,3). The molecule has 0 saturated carbocycles. The first-order chi connectivity index (χ1) is 6.60. The minimum Gasteiger partial charge on any atom is -0.483 e. The van der Waals surface area contributed by atoms with Gasteiger partial charge >= 0.3 is 5.97 Å². The Balaban J connectivity index is -0.000000138. The Kier molecular flexibility index (Phi) is 29.3. The minimum absolute atomic E-state index is 0.211. The fourth-order valence-corrected chi connectivity index (χ4v) is 0.271. The molecule has 0 aromatic rings. The molecule has 6 heteroatoms. The number of ether oxygens (including phenoxy) is 2. The van der Waals surface area contributed by atoms with Gasteiger partial charge in [0.2, 0.25) is 0 Å². The molecule has 0 amide bonds. The van der Waals surface area contributed by atoms with Crippen LogP contribution in [0.15, 0.2) is 0 Å². The Labute approximate surface area is 82.8 Å². The molecular formula is C8H16O6. The lowest BCUT2D eigenvalue weighted by Gasteiger charge is -1.89. The van der Waals surface area contributed by atoms with Crippen molar-refractivity contribution < 1.29 is 29.0 Å². The average molecular weight is 208 g/mol. The zero-order valence-corrected chi connectivity index (χ0v) is 8.56. The summed E-state index contributed by atoms with van der Waals surface area (Å²) >= 11 is 0. The van der Waals surface area contributed by atoms with Crippen LogP contribution in [-0.2, 0) is 23.9 Å². The van der Waals surface area contributed by atoms with Crippen molar-refractivity contribution in [3.63, 3.8) is 0 Å². The van der Waals surface area contributed by atoms with E-state index >= 15 is 0 Å². The average Bonchev–Trinajstić information content (AvgIpc) is 2.07. The van der Waals surface area contributed by atoms with E-state index in [1.807, 2.05) is 0 Å². The molecule has 0 heterocycles. The highest BCUT2D eigenvalue weighted by Gasteiger charge is 1.81. The summed E-state index contributed by atoms with van der Waals surface area (Å²) in [5.41, 5.74) is 0. The van der Waals surface area contributed by atoms with Gasteiger partial charge < -0.3 is 14.6 Å². The quantitative estimate of drug-likeness (QED) is 0.535. The van der Waals surface area contributed by atoms with Crippen LogP contribution in [-0.4, -0.2) is 37.2 Å². The summed E-state index contributed by atoms with van der Waals surface area (Å²) in [5, 5.41) is 6.89. The van der Waals surface area contributed by atoms with Crippen LogP contribution < -0.4 is 0 Å². The van der Waals surface area contributed by atoms with Gasteiger partial charge in [0.15, 0.2) is 0 Å². The number of hydrogen-bond acceptors (Lipinski definition) is 5. The second kappa shape index (κ2) is 22.5. The second-order valence-corrected chi connectivity index (χ2v) is 1.58. The molecule has 0 aliphatic carbocycles. The maximum absolute atomic E-state index is 9.82. The first kappa shape index (κ1) is 18.2. The van der Waals surface area contributed by atoms with Gasteiger partial charge in [0.1, 0.15) is 0 Å². The summed E-state index contributed by atoms with van der Waals surface area (Å²) in [4.78, 5) is 27.4. The number of carbonyl (C=O) groups excluding carboxylic acids is 2. The van der Waals surface area contributed by atoms with Crippen LogP contribution in [0.3, 0.4) is 0 Å². The van der Waals surface area contributed by atoms with E-state index < -0.39 is 0 Å². The van der Waals surface area contributed by atoms with Gasteiger partial charge in [0.25, 0.3) is 12.9 Å². The predicted octanol–water partition coefficient (Wildman–Crippen LogP) is 0.449. The molecular weight excluding hydrogens is 192 g/mol. The van der Waals surface area contributed by atoms with Crippen molar-refractivity contribution in [3.8, 4) is 0 Å². The summed E-state index contributed by atoms with van der Waals surface area (Å²) in [7, 11) is 0. The highest BCUT2D eigenvalue weighted by molar-refractivity contribution is 5.65. The maximum atomic E-state index is 9.82. The molecule has 0 aliphatic heterocycles. The Morgan fingerprint density at radius 1 is 1.29 bits per heavy atom. The fourth-order valence-electron chi connectivity index (χ4n) is 0.271. The SMILES string of the molecule is CCOC(C)=O.CCOC=O.O=CO. The van der Waals surface area contributed by atoms with Gasteiger partial charge in [-0.1, -0.05) is 0 Å². The van der Waals surface area contributed by atoms with Gasteiger partial charge in [-0.05, 0) is 13.8 Å². The Morgan fingerprint density at radius 2 is 1.71 bits per heavy atom. The number of rotatable bonds is 3. The van der Waals surface area contributed by atoms with Crippen molar-refractivity contribution in [3.05, 3.63) is 0 Å². The summed E-state index contributed by atoms with van der Waals surface area (Å²) in [6.45, 7) is 6.07. The van der Waals surface area contributed by atoms with Gasteiger partial charge in [0.05, 0.1) is 13.2 Å². The van der Waals surface area contributed by atoms with E-state index in [9.17, 15) is 9.59 Å². The van der Waals surface area contributed by atoms with Gasteiger partial charge in [-0.25, -0.2) is 0 Å². The third-order valence-corrected chi connectivity index (χ3v) is 0.582. The minimum atomic E-state index is -0.250. The van der Waals surface area contributed by atoms with Crippen LogP contribution in [0.25, 0.3) is 0 Å². The number of carbonyl (C=O) groups is 3. The third-order valence-electron chi connectivity index (χ3n) is 0.582. The van der Waals surface area contributed by atoms with Crippen LogP contribution in [0, 0.1) is 0 Å². The van der Waals surface area contributed by atoms with E-state index in [4.69, 9.17) is 9.90 Å². The van der Waals surface area contributed by atoms with Gasteiger partial charge in [-0.15, -0.1) is 0 Å². The molecule has 0 radical (unpaired) electrons. The molecule has 0 unspecified atom stereocenters. The first-order valence-corrected chi connectivity index (χ1v) is 3.87. The second-order valence-electron chi connectivity index (χ2n) is 1.58. The summed E-state index contributed by atoms with van der Waals surface area (Å²) in [6.07, 6.45) is 0. The predicted molar refractivity (Wildman–Crippen MR) is 48.7 cm³/mol. The zero-order valence-electron chi connectivity index (χ0n) is 8.56. The van der Waals surface area contributed by atoms with E-state index in [-0.39, 0.29) is 12.4 Å². The lowest BCUT2D eigenvalue weighted by atomic mass is 10.8. The van der Waals surface area contributed by atoms with Crippen molar-refractivity contribution in [2.45, 2.75) is 20.8 Å². The van der Waals surface area contributed by atoms with E-state index in [2.05, 4.69) is 9.47 Å². The molecule has 0 fully saturated rings. The van der Waals surface area contributed by atoms with Crippen molar-refractivity contribution >= 4 is 18.9 Å². The Hall–Kier alpha value is -1.59.